The van der Waals surface area contributed by atoms with E-state index in [1.165, 1.54) is 0 Å². The maximum absolute atomic E-state index is 12.0. The molecule has 1 amide bonds. The molecule has 1 aliphatic heterocycles. The van der Waals surface area contributed by atoms with Gasteiger partial charge in [-0.3, -0.25) is 9.48 Å². The van der Waals surface area contributed by atoms with Crippen molar-refractivity contribution in [1.29, 1.82) is 0 Å². The predicted molar refractivity (Wildman–Crippen MR) is 84.5 cm³/mol. The summed E-state index contributed by atoms with van der Waals surface area (Å²) in [6.45, 7) is 7.53. The van der Waals surface area contributed by atoms with E-state index in [4.69, 9.17) is 0 Å². The molecule has 1 unspecified atom stereocenters. The van der Waals surface area contributed by atoms with Crippen LogP contribution in [0.5, 0.6) is 0 Å². The Morgan fingerprint density at radius 1 is 1.41 bits per heavy atom. The van der Waals surface area contributed by atoms with Crippen LogP contribution in [0.25, 0.3) is 11.0 Å². The van der Waals surface area contributed by atoms with Crippen LogP contribution in [0, 0.1) is 12.8 Å². The molecule has 3 rings (SSSR count). The molecule has 7 nitrogen and oxygen atoms in total. The minimum atomic E-state index is 0.243. The van der Waals surface area contributed by atoms with Gasteiger partial charge in [-0.05, 0) is 20.8 Å². The van der Waals surface area contributed by atoms with Crippen molar-refractivity contribution in [2.45, 2.75) is 33.2 Å². The van der Waals surface area contributed by atoms with Gasteiger partial charge < -0.3 is 10.2 Å². The number of nitrogens with zero attached hydrogens (tertiary/aromatic N) is 5. The number of hydrogen-bond donors (Lipinski definition) is 1. The van der Waals surface area contributed by atoms with Crippen LogP contribution >= 0.6 is 0 Å². The highest BCUT2D eigenvalue weighted by Crippen LogP contribution is 2.23. The Morgan fingerprint density at radius 3 is 2.86 bits per heavy atom. The topological polar surface area (TPSA) is 75.9 Å². The Kier molecular flexibility index (Phi) is 3.72. The summed E-state index contributed by atoms with van der Waals surface area (Å²) >= 11 is 0. The van der Waals surface area contributed by atoms with Gasteiger partial charge in [-0.2, -0.15) is 5.10 Å². The van der Waals surface area contributed by atoms with Gasteiger partial charge in [-0.25, -0.2) is 9.97 Å². The molecular formula is C15H22N6O. The molecular weight excluding hydrogens is 280 g/mol. The highest BCUT2D eigenvalue weighted by atomic mass is 16.2. The standard InChI is InChI=1S/C15H22N6O/c1-9(2)21-8-11(5-13(21)22)6-16-14-12-7-17-20(4)15(12)19-10(3)18-14/h7,9,11H,5-6,8H2,1-4H3,(H,16,18,19). The summed E-state index contributed by atoms with van der Waals surface area (Å²) in [4.78, 5) is 22.8. The van der Waals surface area contributed by atoms with E-state index >= 15 is 0 Å². The Labute approximate surface area is 129 Å². The van der Waals surface area contributed by atoms with E-state index in [-0.39, 0.29) is 11.9 Å². The summed E-state index contributed by atoms with van der Waals surface area (Å²) in [6, 6.07) is 0.267. The average molecular weight is 302 g/mol. The molecule has 0 bridgehead atoms. The molecule has 0 radical (unpaired) electrons. The number of rotatable bonds is 4. The molecule has 0 aromatic carbocycles. The van der Waals surface area contributed by atoms with E-state index in [9.17, 15) is 4.79 Å². The highest BCUT2D eigenvalue weighted by molar-refractivity contribution is 5.86. The molecule has 1 saturated heterocycles. The number of amides is 1. The SMILES string of the molecule is Cc1nc(NCC2CC(=O)N(C(C)C)C2)c2cnn(C)c2n1. The monoisotopic (exact) mass is 302 g/mol. The summed E-state index contributed by atoms with van der Waals surface area (Å²) in [5.41, 5.74) is 0.821. The Balaban J connectivity index is 1.74. The normalized spacial score (nSPS) is 18.7. The summed E-state index contributed by atoms with van der Waals surface area (Å²) in [5, 5.41) is 8.53. The van der Waals surface area contributed by atoms with E-state index in [2.05, 4.69) is 34.2 Å². The maximum atomic E-state index is 12.0. The fraction of sp³-hybridized carbons (Fsp3) is 0.600. The van der Waals surface area contributed by atoms with E-state index in [0.717, 1.165) is 29.9 Å². The summed E-state index contributed by atoms with van der Waals surface area (Å²) in [5.74, 6) is 2.07. The maximum Gasteiger partial charge on any atom is 0.223 e. The first-order valence-corrected chi connectivity index (χ1v) is 7.65. The van der Waals surface area contributed by atoms with E-state index < -0.39 is 0 Å². The third-order valence-electron chi connectivity index (χ3n) is 4.12. The number of hydrogen-bond acceptors (Lipinski definition) is 5. The van der Waals surface area contributed by atoms with Crippen molar-refractivity contribution in [3.8, 4) is 0 Å². The fourth-order valence-electron chi connectivity index (χ4n) is 2.95. The van der Waals surface area contributed by atoms with Crippen LogP contribution < -0.4 is 5.32 Å². The van der Waals surface area contributed by atoms with Crippen LogP contribution in [-0.4, -0.2) is 49.7 Å². The fourth-order valence-corrected chi connectivity index (χ4v) is 2.95. The molecule has 0 saturated carbocycles. The van der Waals surface area contributed by atoms with Crippen molar-refractivity contribution in [2.24, 2.45) is 13.0 Å². The third kappa shape index (κ3) is 2.63. The summed E-state index contributed by atoms with van der Waals surface area (Å²) in [6.07, 6.45) is 2.38. The van der Waals surface area contributed by atoms with Crippen LogP contribution in [0.3, 0.4) is 0 Å². The number of carbonyl (C=O) groups is 1. The first-order valence-electron chi connectivity index (χ1n) is 7.65. The van der Waals surface area contributed by atoms with E-state index in [0.29, 0.717) is 18.2 Å². The molecule has 1 N–H and O–H groups in total. The molecule has 7 heteroatoms. The van der Waals surface area contributed by atoms with Gasteiger partial charge in [0.25, 0.3) is 0 Å². The molecule has 3 heterocycles. The van der Waals surface area contributed by atoms with Gasteiger partial charge in [-0.1, -0.05) is 0 Å². The molecule has 2 aromatic rings. The largest absolute Gasteiger partial charge is 0.369 e. The molecule has 0 spiro atoms. The lowest BCUT2D eigenvalue weighted by Gasteiger charge is -2.21. The van der Waals surface area contributed by atoms with Gasteiger partial charge >= 0.3 is 0 Å². The predicted octanol–water partition coefficient (Wildman–Crippen LogP) is 1.34. The number of aromatic nitrogens is 4. The number of aryl methyl sites for hydroxylation is 2. The lowest BCUT2D eigenvalue weighted by Crippen LogP contribution is -2.32. The molecule has 118 valence electrons. The number of likely N-dealkylation sites (tertiary alicyclic amines) is 1. The Hall–Kier alpha value is -2.18. The zero-order chi connectivity index (χ0) is 15.9. The molecule has 0 aliphatic carbocycles. The van der Waals surface area contributed by atoms with Gasteiger partial charge in [0.05, 0.1) is 11.6 Å². The lowest BCUT2D eigenvalue weighted by molar-refractivity contribution is -0.129. The second kappa shape index (κ2) is 5.55. The van der Waals surface area contributed by atoms with E-state index in [1.807, 2.05) is 18.9 Å². The van der Waals surface area contributed by atoms with Crippen molar-refractivity contribution in [1.82, 2.24) is 24.6 Å². The van der Waals surface area contributed by atoms with Gasteiger partial charge in [0.1, 0.15) is 11.6 Å². The van der Waals surface area contributed by atoms with Crippen LogP contribution in [-0.2, 0) is 11.8 Å². The van der Waals surface area contributed by atoms with Gasteiger partial charge in [-0.15, -0.1) is 0 Å². The van der Waals surface area contributed by atoms with E-state index in [1.54, 1.807) is 10.9 Å². The van der Waals surface area contributed by atoms with Crippen molar-refractivity contribution >= 4 is 22.8 Å². The summed E-state index contributed by atoms with van der Waals surface area (Å²) < 4.78 is 1.74. The first-order chi connectivity index (χ1) is 10.5. The minimum Gasteiger partial charge on any atom is -0.369 e. The number of fused-ring (bicyclic) bond motifs is 1. The third-order valence-corrected chi connectivity index (χ3v) is 4.12. The molecule has 22 heavy (non-hydrogen) atoms. The average Bonchev–Trinajstić information content (AvgIpc) is 3.00. The van der Waals surface area contributed by atoms with Gasteiger partial charge in [0.15, 0.2) is 5.65 Å². The zero-order valence-corrected chi connectivity index (χ0v) is 13.5. The van der Waals surface area contributed by atoms with Crippen molar-refractivity contribution in [3.05, 3.63) is 12.0 Å². The van der Waals surface area contributed by atoms with Crippen LogP contribution in [0.15, 0.2) is 6.20 Å². The van der Waals surface area contributed by atoms with Gasteiger partial charge in [0.2, 0.25) is 5.91 Å². The quantitative estimate of drug-likeness (QED) is 0.922. The Morgan fingerprint density at radius 2 is 2.18 bits per heavy atom. The lowest BCUT2D eigenvalue weighted by atomic mass is 10.1. The number of nitrogens with one attached hydrogen (secondary N) is 1. The van der Waals surface area contributed by atoms with Crippen LogP contribution in [0.2, 0.25) is 0 Å². The van der Waals surface area contributed by atoms with Crippen molar-refractivity contribution in [3.63, 3.8) is 0 Å². The first kappa shape index (κ1) is 14.7. The smallest absolute Gasteiger partial charge is 0.223 e. The zero-order valence-electron chi connectivity index (χ0n) is 13.5. The number of carbonyl (C=O) groups excluding carboxylic acids is 1. The van der Waals surface area contributed by atoms with Crippen LogP contribution in [0.1, 0.15) is 26.1 Å². The van der Waals surface area contributed by atoms with Crippen LogP contribution in [0.4, 0.5) is 5.82 Å². The molecule has 1 atom stereocenters. The molecule has 1 fully saturated rings. The van der Waals surface area contributed by atoms with Crippen molar-refractivity contribution < 1.29 is 4.79 Å². The van der Waals surface area contributed by atoms with Gasteiger partial charge in [0, 0.05) is 38.5 Å². The molecule has 1 aliphatic rings. The number of anilines is 1. The molecule has 2 aromatic heterocycles. The van der Waals surface area contributed by atoms with Crippen molar-refractivity contribution in [2.75, 3.05) is 18.4 Å². The summed E-state index contributed by atoms with van der Waals surface area (Å²) in [7, 11) is 1.87. The highest BCUT2D eigenvalue weighted by Gasteiger charge is 2.31. The second-order valence-electron chi connectivity index (χ2n) is 6.22. The Bertz CT molecular complexity index is 707. The second-order valence-corrected chi connectivity index (χ2v) is 6.22. The minimum absolute atomic E-state index is 0.243.